The van der Waals surface area contributed by atoms with Crippen molar-refractivity contribution in [1.82, 2.24) is 24.5 Å². The maximum absolute atomic E-state index is 12.1. The van der Waals surface area contributed by atoms with Gasteiger partial charge in [0.05, 0.1) is 23.7 Å². The summed E-state index contributed by atoms with van der Waals surface area (Å²) in [5.41, 5.74) is 2.85. The maximum atomic E-state index is 12.1. The fraction of sp³-hybridized carbons (Fsp3) is 0.312. The maximum Gasteiger partial charge on any atom is 0.338 e. The predicted molar refractivity (Wildman–Crippen MR) is 96.2 cm³/mol. The van der Waals surface area contributed by atoms with Crippen molar-refractivity contribution in [3.05, 3.63) is 35.2 Å². The van der Waals surface area contributed by atoms with Gasteiger partial charge in [-0.25, -0.2) is 9.78 Å². The second-order valence-corrected chi connectivity index (χ2v) is 6.45. The Kier molecular flexibility index (Phi) is 5.12. The first-order valence-corrected chi connectivity index (χ1v) is 8.89. The number of amides is 1. The summed E-state index contributed by atoms with van der Waals surface area (Å²) in [5.74, 6) is -1.25. The number of hydrogen-bond acceptors (Lipinski definition) is 6. The molecule has 0 radical (unpaired) electrons. The molecule has 0 fully saturated rings. The van der Waals surface area contributed by atoms with Crippen LogP contribution in [0, 0.1) is 6.92 Å². The number of nitrogens with zero attached hydrogens (tertiary/aromatic N) is 5. The average Bonchev–Trinajstić information content (AvgIpc) is 3.32. The summed E-state index contributed by atoms with van der Waals surface area (Å²) in [6, 6.07) is 0. The van der Waals surface area contributed by atoms with Gasteiger partial charge in [0.15, 0.2) is 5.13 Å². The van der Waals surface area contributed by atoms with Crippen LogP contribution in [0.15, 0.2) is 24.0 Å². The summed E-state index contributed by atoms with van der Waals surface area (Å²) in [4.78, 5) is 27.3. The van der Waals surface area contributed by atoms with Crippen LogP contribution >= 0.6 is 11.3 Å². The third kappa shape index (κ3) is 3.80. The molecule has 2 N–H and O–H groups in total. The molecule has 3 heterocycles. The van der Waals surface area contributed by atoms with E-state index in [1.54, 1.807) is 6.20 Å². The van der Waals surface area contributed by atoms with E-state index in [2.05, 4.69) is 20.5 Å². The number of anilines is 1. The monoisotopic (exact) mass is 374 g/mol. The van der Waals surface area contributed by atoms with E-state index in [9.17, 15) is 9.59 Å². The Labute approximate surface area is 153 Å². The molecule has 0 aromatic carbocycles. The number of nitrogens with one attached hydrogen (secondary N) is 1. The van der Waals surface area contributed by atoms with Gasteiger partial charge < -0.3 is 10.4 Å². The lowest BCUT2D eigenvalue weighted by atomic mass is 10.2. The molecule has 26 heavy (non-hydrogen) atoms. The third-order valence-electron chi connectivity index (χ3n) is 3.88. The first-order valence-electron chi connectivity index (χ1n) is 8.01. The Morgan fingerprint density at radius 2 is 2.12 bits per heavy atom. The van der Waals surface area contributed by atoms with Crippen molar-refractivity contribution in [1.29, 1.82) is 0 Å². The summed E-state index contributed by atoms with van der Waals surface area (Å²) in [5, 5.41) is 22.2. The van der Waals surface area contributed by atoms with Crippen LogP contribution in [-0.4, -0.2) is 41.5 Å². The fourth-order valence-electron chi connectivity index (χ4n) is 2.47. The van der Waals surface area contributed by atoms with E-state index in [1.165, 1.54) is 28.4 Å². The summed E-state index contributed by atoms with van der Waals surface area (Å²) in [6.45, 7) is 5.09. The number of carboxylic acids is 1. The first-order chi connectivity index (χ1) is 12.5. The topological polar surface area (TPSA) is 115 Å². The fourth-order valence-corrected chi connectivity index (χ4v) is 3.19. The molecule has 0 bridgehead atoms. The molecule has 9 nitrogen and oxygen atoms in total. The van der Waals surface area contributed by atoms with Crippen LogP contribution in [0.2, 0.25) is 0 Å². The minimum absolute atomic E-state index is 0.0953. The lowest BCUT2D eigenvalue weighted by Gasteiger charge is -2.02. The zero-order valence-electron chi connectivity index (χ0n) is 14.3. The number of carbonyl (C=O) groups excluding carboxylic acids is 1. The summed E-state index contributed by atoms with van der Waals surface area (Å²) in [6.07, 6.45) is 4.59. The second kappa shape index (κ2) is 7.48. The van der Waals surface area contributed by atoms with Crippen molar-refractivity contribution < 1.29 is 14.7 Å². The van der Waals surface area contributed by atoms with E-state index >= 15 is 0 Å². The Morgan fingerprint density at radius 1 is 1.31 bits per heavy atom. The minimum atomic E-state index is -1.04. The van der Waals surface area contributed by atoms with Crippen LogP contribution in [0.3, 0.4) is 0 Å². The van der Waals surface area contributed by atoms with Crippen molar-refractivity contribution in [2.75, 3.05) is 5.32 Å². The van der Waals surface area contributed by atoms with Gasteiger partial charge in [-0.3, -0.25) is 14.2 Å². The van der Waals surface area contributed by atoms with Crippen molar-refractivity contribution in [2.24, 2.45) is 0 Å². The Morgan fingerprint density at radius 3 is 2.77 bits per heavy atom. The van der Waals surface area contributed by atoms with Crippen molar-refractivity contribution in [3.63, 3.8) is 0 Å². The SMILES string of the molecule is CCn1ncc(-c2csc(NC(=O)CCn3cc(C(=O)O)cn3)n2)c1C. The molecule has 136 valence electrons. The summed E-state index contributed by atoms with van der Waals surface area (Å²) < 4.78 is 3.32. The number of aryl methyl sites for hydroxylation is 2. The van der Waals surface area contributed by atoms with Gasteiger partial charge in [-0.15, -0.1) is 11.3 Å². The van der Waals surface area contributed by atoms with Gasteiger partial charge in [0.2, 0.25) is 5.91 Å². The van der Waals surface area contributed by atoms with Crippen molar-refractivity contribution >= 4 is 28.3 Å². The highest BCUT2D eigenvalue weighted by Crippen LogP contribution is 2.27. The molecule has 0 unspecified atom stereocenters. The van der Waals surface area contributed by atoms with Crippen LogP contribution in [0.1, 0.15) is 29.4 Å². The summed E-state index contributed by atoms with van der Waals surface area (Å²) >= 11 is 1.35. The van der Waals surface area contributed by atoms with E-state index in [1.807, 2.05) is 23.9 Å². The van der Waals surface area contributed by atoms with E-state index in [0.717, 1.165) is 23.5 Å². The molecule has 0 aliphatic rings. The molecule has 10 heteroatoms. The minimum Gasteiger partial charge on any atom is -0.478 e. The highest BCUT2D eigenvalue weighted by atomic mass is 32.1. The molecule has 0 spiro atoms. The zero-order chi connectivity index (χ0) is 18.7. The quantitative estimate of drug-likeness (QED) is 0.655. The van der Waals surface area contributed by atoms with Crippen LogP contribution in [0.5, 0.6) is 0 Å². The molecule has 3 aromatic heterocycles. The van der Waals surface area contributed by atoms with E-state index < -0.39 is 5.97 Å². The molecular formula is C16H18N6O3S. The number of carbonyl (C=O) groups is 2. The van der Waals surface area contributed by atoms with Crippen LogP contribution < -0.4 is 5.32 Å². The lowest BCUT2D eigenvalue weighted by molar-refractivity contribution is -0.116. The van der Waals surface area contributed by atoms with Gasteiger partial charge in [0.1, 0.15) is 0 Å². The molecule has 0 aliphatic carbocycles. The smallest absolute Gasteiger partial charge is 0.338 e. The van der Waals surface area contributed by atoms with Gasteiger partial charge in [0.25, 0.3) is 0 Å². The molecule has 1 amide bonds. The number of rotatable bonds is 7. The van der Waals surface area contributed by atoms with Crippen LogP contribution in [-0.2, 0) is 17.9 Å². The largest absolute Gasteiger partial charge is 0.478 e. The van der Waals surface area contributed by atoms with Crippen molar-refractivity contribution in [2.45, 2.75) is 33.4 Å². The van der Waals surface area contributed by atoms with Gasteiger partial charge in [-0.1, -0.05) is 0 Å². The van der Waals surface area contributed by atoms with E-state index in [0.29, 0.717) is 11.7 Å². The highest BCUT2D eigenvalue weighted by molar-refractivity contribution is 7.14. The normalized spacial score (nSPS) is 10.8. The highest BCUT2D eigenvalue weighted by Gasteiger charge is 2.13. The van der Waals surface area contributed by atoms with Crippen molar-refractivity contribution in [3.8, 4) is 11.3 Å². The molecular weight excluding hydrogens is 356 g/mol. The average molecular weight is 374 g/mol. The molecule has 0 atom stereocenters. The van der Waals surface area contributed by atoms with E-state index in [-0.39, 0.29) is 17.9 Å². The van der Waals surface area contributed by atoms with Crippen LogP contribution in [0.25, 0.3) is 11.3 Å². The second-order valence-electron chi connectivity index (χ2n) is 5.59. The predicted octanol–water partition coefficient (Wildman–Crippen LogP) is 2.26. The van der Waals surface area contributed by atoms with Gasteiger partial charge in [-0.2, -0.15) is 10.2 Å². The van der Waals surface area contributed by atoms with Gasteiger partial charge in [-0.05, 0) is 13.8 Å². The molecule has 3 rings (SSSR count). The molecule has 0 saturated carbocycles. The Bertz CT molecular complexity index is 942. The number of hydrogen-bond donors (Lipinski definition) is 2. The Balaban J connectivity index is 1.58. The number of aromatic carboxylic acids is 1. The molecule has 0 saturated heterocycles. The number of carboxylic acid groups (broad SMARTS) is 1. The zero-order valence-corrected chi connectivity index (χ0v) is 15.2. The van der Waals surface area contributed by atoms with Crippen LogP contribution in [0.4, 0.5) is 5.13 Å². The number of thiazole rings is 1. The van der Waals surface area contributed by atoms with Gasteiger partial charge in [0, 0.05) is 42.3 Å². The lowest BCUT2D eigenvalue weighted by Crippen LogP contribution is -2.14. The number of aromatic nitrogens is 5. The standard InChI is InChI=1S/C16H18N6O3S/c1-3-22-10(2)12(7-18-22)13-9-26-16(19-13)20-14(23)4-5-21-8-11(6-17-21)15(24)25/h6-9H,3-5H2,1-2H3,(H,24,25)(H,19,20,23). The van der Waals surface area contributed by atoms with E-state index in [4.69, 9.17) is 5.11 Å². The first kappa shape index (κ1) is 17.8. The van der Waals surface area contributed by atoms with Gasteiger partial charge >= 0.3 is 5.97 Å². The molecule has 3 aromatic rings. The summed E-state index contributed by atoms with van der Waals surface area (Å²) in [7, 11) is 0. The molecule has 0 aliphatic heterocycles. The third-order valence-corrected chi connectivity index (χ3v) is 4.64. The Hall–Kier alpha value is -3.01.